The van der Waals surface area contributed by atoms with E-state index in [1.165, 1.54) is 5.32 Å². The Morgan fingerprint density at radius 1 is 1.07 bits per heavy atom. The molecule has 0 aliphatic carbocycles. The molecule has 0 aliphatic heterocycles. The van der Waals surface area contributed by atoms with Crippen molar-refractivity contribution in [1.29, 1.82) is 0 Å². The lowest BCUT2D eigenvalue weighted by molar-refractivity contribution is -0.353. The summed E-state index contributed by atoms with van der Waals surface area (Å²) in [6, 6.07) is -1.21. The summed E-state index contributed by atoms with van der Waals surface area (Å²) in [7, 11) is -6.38. The molecule has 1 amide bonds. The Morgan fingerprint density at radius 3 is 1.83 bits per heavy atom. The molecule has 0 bridgehead atoms. The maximum absolute atomic E-state index is 13.4. The number of carbonyl (C=O) groups excluding carboxylic acids is 2. The molecule has 1 unspecified atom stereocenters. The van der Waals surface area contributed by atoms with E-state index in [1.807, 2.05) is 0 Å². The monoisotopic (exact) mass is 467 g/mol. The third kappa shape index (κ3) is 6.49. The lowest BCUT2D eigenvalue weighted by Gasteiger charge is -2.34. The molecular weight excluding hydrogens is 454 g/mol. The summed E-state index contributed by atoms with van der Waals surface area (Å²) in [4.78, 5) is 23.3. The normalized spacial score (nSPS) is 15.6. The summed E-state index contributed by atoms with van der Waals surface area (Å²) in [5.41, 5.74) is -2.56. The topological polar surface area (TPSA) is 119 Å². The number of halogens is 8. The smallest absolute Gasteiger partial charge is 0.412 e. The van der Waals surface area contributed by atoms with Crippen molar-refractivity contribution in [2.45, 2.75) is 43.3 Å². The number of ether oxygens (including phenoxy) is 2. The first-order valence-electron chi connectivity index (χ1n) is 6.94. The minimum Gasteiger partial charge on any atom is -0.412 e. The number of amides is 1. The third-order valence-corrected chi connectivity index (χ3v) is 3.61. The molecule has 0 aromatic rings. The van der Waals surface area contributed by atoms with Gasteiger partial charge in [-0.25, -0.2) is 4.79 Å². The van der Waals surface area contributed by atoms with E-state index in [0.29, 0.717) is 0 Å². The Labute approximate surface area is 157 Å². The number of carbonyl (C=O) groups is 2. The number of esters is 1. The molecule has 0 saturated heterocycles. The molecule has 0 fully saturated rings. The maximum atomic E-state index is 13.4. The van der Waals surface area contributed by atoms with Crippen molar-refractivity contribution in [3.8, 4) is 0 Å². The van der Waals surface area contributed by atoms with Crippen LogP contribution >= 0.6 is 0 Å². The van der Waals surface area contributed by atoms with Gasteiger partial charge in [-0.15, -0.1) is 0 Å². The highest BCUT2D eigenvalue weighted by Gasteiger charge is 2.68. The van der Waals surface area contributed by atoms with E-state index in [9.17, 15) is 53.1 Å². The number of hydrogen-bond acceptors (Lipinski definition) is 6. The molecule has 0 aromatic carbocycles. The molecular formula is C12H13F8NO7S. The summed E-state index contributed by atoms with van der Waals surface area (Å²) in [6.07, 6.45) is -11.9. The Kier molecular flexibility index (Phi) is 7.81. The zero-order valence-electron chi connectivity index (χ0n) is 14.3. The fourth-order valence-electron chi connectivity index (χ4n) is 1.33. The van der Waals surface area contributed by atoms with E-state index >= 15 is 0 Å². The molecule has 29 heavy (non-hydrogen) atoms. The fraction of sp³-hybridized carbons (Fsp3) is 0.667. The van der Waals surface area contributed by atoms with Gasteiger partial charge in [0, 0.05) is 6.04 Å². The summed E-state index contributed by atoms with van der Waals surface area (Å²) < 4.78 is 140. The molecule has 170 valence electrons. The molecule has 2 N–H and O–H groups in total. The minimum atomic E-state index is -6.38. The summed E-state index contributed by atoms with van der Waals surface area (Å²) >= 11 is 0. The van der Waals surface area contributed by atoms with Gasteiger partial charge in [-0.05, 0) is 13.8 Å². The van der Waals surface area contributed by atoms with Gasteiger partial charge in [0.1, 0.15) is 12.2 Å². The van der Waals surface area contributed by atoms with Crippen LogP contribution in [0, 0.1) is 0 Å². The molecule has 0 rings (SSSR count). The first-order valence-corrected chi connectivity index (χ1v) is 8.38. The van der Waals surface area contributed by atoms with Crippen molar-refractivity contribution < 1.29 is 67.2 Å². The lowest BCUT2D eigenvalue weighted by atomic mass is 10.2. The predicted octanol–water partition coefficient (Wildman–Crippen LogP) is 1.93. The highest BCUT2D eigenvalue weighted by atomic mass is 32.2. The van der Waals surface area contributed by atoms with Gasteiger partial charge in [-0.1, -0.05) is 6.58 Å². The number of hydrogen-bond donors (Lipinski definition) is 2. The zero-order chi connectivity index (χ0) is 23.6. The second kappa shape index (κ2) is 8.39. The first kappa shape index (κ1) is 27.0. The van der Waals surface area contributed by atoms with Gasteiger partial charge in [0.15, 0.2) is 0 Å². The van der Waals surface area contributed by atoms with Gasteiger partial charge >= 0.3 is 45.4 Å². The summed E-state index contributed by atoms with van der Waals surface area (Å²) in [5, 5.41) is -4.04. The summed E-state index contributed by atoms with van der Waals surface area (Å²) in [6.45, 7) is 1.25. The number of rotatable bonds is 8. The Balaban J connectivity index is 6.34. The van der Waals surface area contributed by atoms with Gasteiger partial charge < -0.3 is 14.8 Å². The average Bonchev–Trinajstić information content (AvgIpc) is 2.46. The summed E-state index contributed by atoms with van der Waals surface area (Å²) in [5.74, 6) is -10.6. The highest BCUT2D eigenvalue weighted by molar-refractivity contribution is 7.86. The Hall–Kier alpha value is -2.01. The second-order valence-electron chi connectivity index (χ2n) is 5.51. The number of nitrogens with one attached hydrogen (secondary N) is 1. The molecule has 8 nitrogen and oxygen atoms in total. The zero-order valence-corrected chi connectivity index (χ0v) is 15.1. The predicted molar refractivity (Wildman–Crippen MR) is 75.8 cm³/mol. The molecule has 0 heterocycles. The van der Waals surface area contributed by atoms with E-state index < -0.39 is 63.6 Å². The second-order valence-corrected chi connectivity index (χ2v) is 7.06. The van der Waals surface area contributed by atoms with Crippen LogP contribution in [-0.2, 0) is 29.2 Å². The van der Waals surface area contributed by atoms with Crippen LogP contribution in [0.2, 0.25) is 0 Å². The minimum absolute atomic E-state index is 1.03. The molecule has 0 radical (unpaired) electrons. The van der Waals surface area contributed by atoms with Crippen molar-refractivity contribution in [3.05, 3.63) is 12.2 Å². The highest BCUT2D eigenvalue weighted by Crippen LogP contribution is 2.39. The van der Waals surface area contributed by atoms with Crippen molar-refractivity contribution in [1.82, 2.24) is 5.32 Å². The van der Waals surface area contributed by atoms with E-state index in [2.05, 4.69) is 16.1 Å². The van der Waals surface area contributed by atoms with E-state index in [4.69, 9.17) is 4.55 Å². The van der Waals surface area contributed by atoms with Crippen LogP contribution in [0.1, 0.15) is 13.8 Å². The van der Waals surface area contributed by atoms with Crippen LogP contribution in [0.15, 0.2) is 12.2 Å². The SMILES string of the molecule is C=C(C(=O)OC(OCC(F)(F)S(=O)(=O)O)(C(=O)NC(C)C)C(F)(F)F)C(F)(F)F. The van der Waals surface area contributed by atoms with Gasteiger partial charge in [0.2, 0.25) is 0 Å². The van der Waals surface area contributed by atoms with Gasteiger partial charge in [0.05, 0.1) is 0 Å². The van der Waals surface area contributed by atoms with Crippen molar-refractivity contribution in [3.63, 3.8) is 0 Å². The third-order valence-electron chi connectivity index (χ3n) is 2.74. The van der Waals surface area contributed by atoms with E-state index in [-0.39, 0.29) is 0 Å². The Bertz CT molecular complexity index is 759. The average molecular weight is 467 g/mol. The van der Waals surface area contributed by atoms with Crippen molar-refractivity contribution in [2.75, 3.05) is 6.61 Å². The van der Waals surface area contributed by atoms with Gasteiger partial charge in [0.25, 0.3) is 0 Å². The molecule has 0 aromatic heterocycles. The molecule has 1 atom stereocenters. The van der Waals surface area contributed by atoms with Crippen molar-refractivity contribution in [2.24, 2.45) is 0 Å². The van der Waals surface area contributed by atoms with Crippen LogP contribution in [0.4, 0.5) is 35.1 Å². The lowest BCUT2D eigenvalue weighted by Crippen LogP contribution is -2.63. The van der Waals surface area contributed by atoms with Gasteiger partial charge in [-0.3, -0.25) is 9.35 Å². The fourth-order valence-corrected chi connectivity index (χ4v) is 1.54. The van der Waals surface area contributed by atoms with Crippen LogP contribution in [-0.4, -0.2) is 60.9 Å². The first-order chi connectivity index (χ1) is 12.6. The largest absolute Gasteiger partial charge is 0.466 e. The van der Waals surface area contributed by atoms with Crippen LogP contribution < -0.4 is 5.32 Å². The molecule has 0 saturated carbocycles. The quantitative estimate of drug-likeness (QED) is 0.184. The van der Waals surface area contributed by atoms with Crippen LogP contribution in [0.25, 0.3) is 0 Å². The Morgan fingerprint density at radius 2 is 1.52 bits per heavy atom. The van der Waals surface area contributed by atoms with E-state index in [1.54, 1.807) is 0 Å². The van der Waals surface area contributed by atoms with Crippen LogP contribution in [0.3, 0.4) is 0 Å². The van der Waals surface area contributed by atoms with E-state index in [0.717, 1.165) is 13.8 Å². The molecule has 17 heteroatoms. The van der Waals surface area contributed by atoms with Crippen LogP contribution in [0.5, 0.6) is 0 Å². The molecule has 0 aliphatic rings. The maximum Gasteiger partial charge on any atom is 0.466 e. The van der Waals surface area contributed by atoms with Gasteiger partial charge in [-0.2, -0.15) is 43.5 Å². The number of alkyl halides is 8. The molecule has 0 spiro atoms. The standard InChI is InChI=1S/C12H13F8NO7S/c1-5(2)21-8(23)10(12(18,19)20,27-4-9(13,14)29(24,25)26)28-7(22)6(3)11(15,16)17/h5H,3-4H2,1-2H3,(H,21,23)(H,24,25,26). The van der Waals surface area contributed by atoms with Crippen molar-refractivity contribution >= 4 is 22.0 Å².